The van der Waals surface area contributed by atoms with Gasteiger partial charge in [0.1, 0.15) is 0 Å². The number of nitrogens with one attached hydrogen (secondary N) is 1. The highest BCUT2D eigenvalue weighted by Gasteiger charge is 2.22. The van der Waals surface area contributed by atoms with Crippen LogP contribution < -0.4 is 0 Å². The van der Waals surface area contributed by atoms with Gasteiger partial charge in [0.2, 0.25) is 0 Å². The molecule has 1 aromatic carbocycles. The van der Waals surface area contributed by atoms with E-state index in [2.05, 4.69) is 0 Å². The summed E-state index contributed by atoms with van der Waals surface area (Å²) in [5.74, 6) is 0.821. The summed E-state index contributed by atoms with van der Waals surface area (Å²) < 4.78 is 0. The fraction of sp³-hybridized carbons (Fsp3) is 0.364. The Morgan fingerprint density at radius 2 is 2.32 bits per heavy atom. The molecule has 0 spiro atoms. The molecule has 1 atom stereocenters. The summed E-state index contributed by atoms with van der Waals surface area (Å²) in [7, 11) is 0. The van der Waals surface area contributed by atoms with Crippen molar-refractivity contribution in [2.45, 2.75) is 6.10 Å². The van der Waals surface area contributed by atoms with E-state index in [4.69, 9.17) is 17.0 Å². The summed E-state index contributed by atoms with van der Waals surface area (Å²) in [5, 5.41) is 29.1. The number of nitro groups is 1. The van der Waals surface area contributed by atoms with Gasteiger partial charge in [-0.05, 0) is 11.6 Å². The second kappa shape index (κ2) is 5.77. The minimum Gasteiger partial charge on any atom is -0.387 e. The van der Waals surface area contributed by atoms with Crippen molar-refractivity contribution in [1.29, 1.82) is 5.41 Å². The second-order valence-corrected chi connectivity index (χ2v) is 5.64. The molecule has 2 rings (SSSR count). The lowest BCUT2D eigenvalue weighted by Crippen LogP contribution is -2.29. The SMILES string of the molecule is N=C1SCCN1CC(O)c1cc(Cl)cc([N+](=O)[O-])c1. The Morgan fingerprint density at radius 1 is 1.58 bits per heavy atom. The van der Waals surface area contributed by atoms with Gasteiger partial charge in [-0.3, -0.25) is 15.5 Å². The van der Waals surface area contributed by atoms with Crippen LogP contribution in [0.25, 0.3) is 0 Å². The molecule has 0 bridgehead atoms. The Balaban J connectivity index is 2.16. The molecule has 0 aromatic heterocycles. The molecule has 1 fully saturated rings. The van der Waals surface area contributed by atoms with Crippen LogP contribution in [-0.4, -0.2) is 38.9 Å². The van der Waals surface area contributed by atoms with E-state index >= 15 is 0 Å². The second-order valence-electron chi connectivity index (χ2n) is 4.12. The number of β-amino-alcohol motifs (C(OH)–C–C–N with tert-alkyl or cyclic N) is 1. The standard InChI is InChI=1S/C11H12ClN3O3S/c12-8-3-7(4-9(5-8)15(17)18)10(16)6-14-1-2-19-11(14)13/h3-5,10,13,16H,1-2,6H2. The molecule has 0 saturated carbocycles. The Kier molecular flexibility index (Phi) is 4.28. The molecule has 8 heteroatoms. The number of benzene rings is 1. The van der Waals surface area contributed by atoms with Gasteiger partial charge in [-0.2, -0.15) is 0 Å². The number of aliphatic hydroxyl groups is 1. The zero-order valence-electron chi connectivity index (χ0n) is 9.88. The highest BCUT2D eigenvalue weighted by molar-refractivity contribution is 8.14. The fourth-order valence-corrected chi connectivity index (χ4v) is 2.92. The van der Waals surface area contributed by atoms with E-state index in [-0.39, 0.29) is 17.3 Å². The first-order valence-electron chi connectivity index (χ1n) is 5.56. The normalized spacial score (nSPS) is 16.7. The molecule has 1 aliphatic rings. The third-order valence-corrected chi connectivity index (χ3v) is 3.92. The first-order valence-corrected chi connectivity index (χ1v) is 6.93. The summed E-state index contributed by atoms with van der Waals surface area (Å²) in [5.41, 5.74) is 0.247. The van der Waals surface area contributed by atoms with Crippen LogP contribution in [0.15, 0.2) is 18.2 Å². The molecule has 19 heavy (non-hydrogen) atoms. The summed E-state index contributed by atoms with van der Waals surface area (Å²) in [6.07, 6.45) is -0.906. The van der Waals surface area contributed by atoms with Gasteiger partial charge >= 0.3 is 0 Å². The summed E-state index contributed by atoms with van der Waals surface area (Å²) in [4.78, 5) is 11.9. The van der Waals surface area contributed by atoms with Gasteiger partial charge in [0, 0.05) is 36.0 Å². The number of amidine groups is 1. The molecule has 1 aliphatic heterocycles. The Labute approximate surface area is 119 Å². The predicted molar refractivity (Wildman–Crippen MR) is 74.8 cm³/mol. The van der Waals surface area contributed by atoms with Crippen molar-refractivity contribution in [3.05, 3.63) is 38.9 Å². The Morgan fingerprint density at radius 3 is 2.89 bits per heavy atom. The van der Waals surface area contributed by atoms with Crippen LogP contribution in [0.4, 0.5) is 5.69 Å². The van der Waals surface area contributed by atoms with Crippen molar-refractivity contribution in [1.82, 2.24) is 4.90 Å². The smallest absolute Gasteiger partial charge is 0.271 e. The number of hydrogen-bond acceptors (Lipinski definition) is 5. The average molecular weight is 302 g/mol. The molecule has 1 unspecified atom stereocenters. The van der Waals surface area contributed by atoms with E-state index in [1.807, 2.05) is 0 Å². The van der Waals surface area contributed by atoms with Crippen molar-refractivity contribution >= 4 is 34.2 Å². The van der Waals surface area contributed by atoms with Crippen molar-refractivity contribution in [3.63, 3.8) is 0 Å². The van der Waals surface area contributed by atoms with E-state index in [1.165, 1.54) is 30.0 Å². The Bertz CT molecular complexity index is 526. The number of non-ortho nitro benzene ring substituents is 1. The van der Waals surface area contributed by atoms with Crippen LogP contribution in [-0.2, 0) is 0 Å². The zero-order chi connectivity index (χ0) is 14.0. The molecule has 2 N–H and O–H groups in total. The van der Waals surface area contributed by atoms with E-state index in [0.29, 0.717) is 17.3 Å². The van der Waals surface area contributed by atoms with Crippen molar-refractivity contribution in [3.8, 4) is 0 Å². The zero-order valence-corrected chi connectivity index (χ0v) is 11.4. The van der Waals surface area contributed by atoms with Crippen molar-refractivity contribution in [2.24, 2.45) is 0 Å². The van der Waals surface area contributed by atoms with Crippen molar-refractivity contribution < 1.29 is 10.0 Å². The first kappa shape index (κ1) is 14.1. The number of aliphatic hydroxyl groups excluding tert-OH is 1. The molecule has 1 heterocycles. The van der Waals surface area contributed by atoms with Gasteiger partial charge in [0.25, 0.3) is 5.69 Å². The maximum Gasteiger partial charge on any atom is 0.271 e. The molecule has 102 valence electrons. The van der Waals surface area contributed by atoms with Crippen LogP contribution >= 0.6 is 23.4 Å². The third kappa shape index (κ3) is 3.37. The van der Waals surface area contributed by atoms with Gasteiger partial charge in [0.05, 0.1) is 11.0 Å². The topological polar surface area (TPSA) is 90.5 Å². The third-order valence-electron chi connectivity index (χ3n) is 2.78. The van der Waals surface area contributed by atoms with Gasteiger partial charge in [0.15, 0.2) is 5.17 Å². The summed E-state index contributed by atoms with van der Waals surface area (Å²) in [6, 6.07) is 4.06. The lowest BCUT2D eigenvalue weighted by molar-refractivity contribution is -0.385. The quantitative estimate of drug-likeness (QED) is 0.657. The number of nitro benzene ring substituents is 1. The van der Waals surface area contributed by atoms with Crippen LogP contribution in [0.3, 0.4) is 0 Å². The number of nitrogens with zero attached hydrogens (tertiary/aromatic N) is 2. The molecule has 1 aromatic rings. The van der Waals surface area contributed by atoms with Crippen LogP contribution in [0.5, 0.6) is 0 Å². The molecule has 0 aliphatic carbocycles. The lowest BCUT2D eigenvalue weighted by atomic mass is 10.1. The number of thioether (sulfide) groups is 1. The van der Waals surface area contributed by atoms with Crippen LogP contribution in [0.2, 0.25) is 5.02 Å². The maximum atomic E-state index is 10.7. The molecule has 6 nitrogen and oxygen atoms in total. The first-order chi connectivity index (χ1) is 8.97. The van der Waals surface area contributed by atoms with E-state index < -0.39 is 11.0 Å². The molecule has 0 radical (unpaired) electrons. The van der Waals surface area contributed by atoms with Crippen LogP contribution in [0, 0.1) is 15.5 Å². The van der Waals surface area contributed by atoms with E-state index in [1.54, 1.807) is 4.90 Å². The molecular formula is C11H12ClN3O3S. The van der Waals surface area contributed by atoms with Gasteiger partial charge in [-0.15, -0.1) is 0 Å². The van der Waals surface area contributed by atoms with E-state index in [9.17, 15) is 15.2 Å². The fourth-order valence-electron chi connectivity index (χ4n) is 1.83. The van der Waals surface area contributed by atoms with Gasteiger partial charge in [-0.25, -0.2) is 0 Å². The highest BCUT2D eigenvalue weighted by atomic mass is 35.5. The summed E-state index contributed by atoms with van der Waals surface area (Å²) in [6.45, 7) is 0.937. The predicted octanol–water partition coefficient (Wildman–Crippen LogP) is 2.27. The molecule has 1 saturated heterocycles. The number of hydrogen-bond donors (Lipinski definition) is 2. The largest absolute Gasteiger partial charge is 0.387 e. The lowest BCUT2D eigenvalue weighted by Gasteiger charge is -2.21. The Hall–Kier alpha value is -1.31. The van der Waals surface area contributed by atoms with Crippen molar-refractivity contribution in [2.75, 3.05) is 18.8 Å². The highest BCUT2D eigenvalue weighted by Crippen LogP contribution is 2.27. The monoisotopic (exact) mass is 301 g/mol. The minimum absolute atomic E-state index is 0.146. The maximum absolute atomic E-state index is 10.7. The van der Waals surface area contributed by atoms with Crippen LogP contribution in [0.1, 0.15) is 11.7 Å². The molecule has 0 amide bonds. The average Bonchev–Trinajstić information content (AvgIpc) is 2.74. The van der Waals surface area contributed by atoms with Gasteiger partial charge in [-0.1, -0.05) is 23.4 Å². The molecular weight excluding hydrogens is 290 g/mol. The van der Waals surface area contributed by atoms with E-state index in [0.717, 1.165) is 5.75 Å². The van der Waals surface area contributed by atoms with Gasteiger partial charge < -0.3 is 10.0 Å². The minimum atomic E-state index is -0.906. The summed E-state index contributed by atoms with van der Waals surface area (Å²) >= 11 is 7.23. The number of rotatable bonds is 4. The number of halogens is 1.